The van der Waals surface area contributed by atoms with Crippen LogP contribution >= 0.6 is 24.8 Å². The van der Waals surface area contributed by atoms with Crippen molar-refractivity contribution < 1.29 is 4.79 Å². The highest BCUT2D eigenvalue weighted by atomic mass is 35.5. The average molecular weight is 318 g/mol. The van der Waals surface area contributed by atoms with Crippen LogP contribution in [0.3, 0.4) is 0 Å². The maximum atomic E-state index is 11.3. The molecule has 0 aliphatic heterocycles. The van der Waals surface area contributed by atoms with Gasteiger partial charge in [-0.2, -0.15) is 5.10 Å². The number of nitrogens with two attached hydrogens (primary N) is 1. The lowest BCUT2D eigenvalue weighted by Crippen LogP contribution is -2.25. The summed E-state index contributed by atoms with van der Waals surface area (Å²) in [4.78, 5) is 15.5. The lowest BCUT2D eigenvalue weighted by molar-refractivity contribution is -0.121. The number of nitrogens with one attached hydrogen (secondary N) is 1. The fourth-order valence-corrected chi connectivity index (χ4v) is 1.52. The molecular formula is C12H17Cl2N5O. The van der Waals surface area contributed by atoms with Gasteiger partial charge in [-0.25, -0.2) is 9.67 Å². The molecule has 0 atom stereocenters. The minimum atomic E-state index is -0.0463. The van der Waals surface area contributed by atoms with Gasteiger partial charge in [-0.3, -0.25) is 4.79 Å². The number of hydrogen-bond acceptors (Lipinski definition) is 4. The van der Waals surface area contributed by atoms with Crippen molar-refractivity contribution in [3.05, 3.63) is 42.4 Å². The number of pyridine rings is 1. The van der Waals surface area contributed by atoms with Crippen LogP contribution in [0.4, 0.5) is 0 Å². The summed E-state index contributed by atoms with van der Waals surface area (Å²) < 4.78 is 1.67. The normalized spacial score (nSPS) is 9.25. The number of aromatic nitrogens is 3. The maximum absolute atomic E-state index is 11.3. The molecule has 0 aliphatic carbocycles. The fourth-order valence-electron chi connectivity index (χ4n) is 1.52. The van der Waals surface area contributed by atoms with Crippen molar-refractivity contribution in [1.29, 1.82) is 0 Å². The van der Waals surface area contributed by atoms with Crippen molar-refractivity contribution in [2.45, 2.75) is 13.0 Å². The third-order valence-electron chi connectivity index (χ3n) is 2.41. The quantitative estimate of drug-likeness (QED) is 0.864. The summed E-state index contributed by atoms with van der Waals surface area (Å²) in [7, 11) is 0. The number of halogens is 2. The first kappa shape index (κ1) is 18.4. The summed E-state index contributed by atoms with van der Waals surface area (Å²) in [5, 5.41) is 6.90. The third kappa shape index (κ3) is 5.16. The molecule has 0 unspecified atom stereocenters. The Hall–Kier alpha value is -1.63. The van der Waals surface area contributed by atoms with Gasteiger partial charge in [0.1, 0.15) is 0 Å². The zero-order valence-corrected chi connectivity index (χ0v) is 12.4. The molecule has 3 N–H and O–H groups in total. The summed E-state index contributed by atoms with van der Waals surface area (Å²) in [6.45, 7) is 0.830. The van der Waals surface area contributed by atoms with Crippen molar-refractivity contribution in [3.8, 4) is 5.82 Å². The Labute approximate surface area is 129 Å². The average Bonchev–Trinajstić information content (AvgIpc) is 2.91. The van der Waals surface area contributed by atoms with Gasteiger partial charge in [0.05, 0.1) is 0 Å². The molecule has 0 bridgehead atoms. The first-order valence-electron chi connectivity index (χ1n) is 5.71. The van der Waals surface area contributed by atoms with E-state index in [0.29, 0.717) is 19.5 Å². The van der Waals surface area contributed by atoms with Crippen molar-refractivity contribution in [2.75, 3.05) is 6.54 Å². The lowest BCUT2D eigenvalue weighted by Gasteiger charge is -2.06. The van der Waals surface area contributed by atoms with E-state index in [4.69, 9.17) is 5.73 Å². The second-order valence-corrected chi connectivity index (χ2v) is 3.79. The van der Waals surface area contributed by atoms with E-state index in [1.807, 2.05) is 24.4 Å². The summed E-state index contributed by atoms with van der Waals surface area (Å²) >= 11 is 0. The zero-order chi connectivity index (χ0) is 12.8. The molecule has 20 heavy (non-hydrogen) atoms. The number of rotatable bonds is 5. The highest BCUT2D eigenvalue weighted by Crippen LogP contribution is 2.05. The van der Waals surface area contributed by atoms with Crippen LogP contribution < -0.4 is 11.1 Å². The van der Waals surface area contributed by atoms with Crippen LogP contribution in [-0.2, 0) is 11.3 Å². The van der Waals surface area contributed by atoms with Gasteiger partial charge >= 0.3 is 0 Å². The van der Waals surface area contributed by atoms with Crippen LogP contribution in [-0.4, -0.2) is 27.2 Å². The number of amides is 1. The fraction of sp³-hybridized carbons (Fsp3) is 0.250. The number of carbonyl (C=O) groups excluding carboxylic acids is 1. The van der Waals surface area contributed by atoms with E-state index < -0.39 is 0 Å². The van der Waals surface area contributed by atoms with Crippen LogP contribution in [0.2, 0.25) is 0 Å². The molecule has 2 aromatic heterocycles. The molecule has 110 valence electrons. The van der Waals surface area contributed by atoms with Gasteiger partial charge in [-0.05, 0) is 23.8 Å². The molecule has 6 nitrogen and oxygen atoms in total. The molecule has 1 amide bonds. The van der Waals surface area contributed by atoms with Crippen LogP contribution in [0, 0.1) is 0 Å². The van der Waals surface area contributed by atoms with Crippen LogP contribution in [0.15, 0.2) is 36.8 Å². The van der Waals surface area contributed by atoms with Gasteiger partial charge in [-0.1, -0.05) is 0 Å². The molecule has 8 heteroatoms. The molecule has 0 aliphatic rings. The maximum Gasteiger partial charge on any atom is 0.221 e. The minimum Gasteiger partial charge on any atom is -0.352 e. The van der Waals surface area contributed by atoms with Gasteiger partial charge in [-0.15, -0.1) is 24.8 Å². The summed E-state index contributed by atoms with van der Waals surface area (Å²) in [5.74, 6) is 0.681. The van der Waals surface area contributed by atoms with Gasteiger partial charge in [0.25, 0.3) is 0 Å². The molecule has 0 fully saturated rings. The molecular weight excluding hydrogens is 301 g/mol. The minimum absolute atomic E-state index is 0. The van der Waals surface area contributed by atoms with Crippen molar-refractivity contribution >= 4 is 30.7 Å². The molecule has 2 rings (SSSR count). The second kappa shape index (κ2) is 9.30. The molecule has 0 saturated carbocycles. The van der Waals surface area contributed by atoms with Crippen molar-refractivity contribution in [1.82, 2.24) is 20.1 Å². The number of hydrogen-bond donors (Lipinski definition) is 2. The Morgan fingerprint density at radius 2 is 2.15 bits per heavy atom. The molecule has 0 saturated heterocycles. The SMILES string of the molecule is Cl.Cl.NCCC(=O)NCc1ccnc(-n2cccn2)c1. The standard InChI is InChI=1S/C12H15N5O.2ClH/c13-4-2-12(18)15-9-10-3-6-14-11(8-10)17-7-1-5-16-17;;/h1,3,5-8H,2,4,9,13H2,(H,15,18);2*1H. The van der Waals surface area contributed by atoms with E-state index in [-0.39, 0.29) is 30.7 Å². The topological polar surface area (TPSA) is 85.8 Å². The van der Waals surface area contributed by atoms with Crippen molar-refractivity contribution in [3.63, 3.8) is 0 Å². The Morgan fingerprint density at radius 1 is 1.35 bits per heavy atom. The third-order valence-corrected chi connectivity index (χ3v) is 2.41. The van der Waals surface area contributed by atoms with Crippen molar-refractivity contribution in [2.24, 2.45) is 5.73 Å². The van der Waals surface area contributed by atoms with Crippen LogP contribution in [0.1, 0.15) is 12.0 Å². The predicted molar refractivity (Wildman–Crippen MR) is 81.4 cm³/mol. The summed E-state index contributed by atoms with van der Waals surface area (Å²) in [5.41, 5.74) is 6.28. The van der Waals surface area contributed by atoms with Gasteiger partial charge < -0.3 is 11.1 Å². The molecule has 2 aromatic rings. The summed E-state index contributed by atoms with van der Waals surface area (Å²) in [6.07, 6.45) is 5.55. The van der Waals surface area contributed by atoms with Crippen LogP contribution in [0.5, 0.6) is 0 Å². The van der Waals surface area contributed by atoms with E-state index in [0.717, 1.165) is 11.4 Å². The van der Waals surface area contributed by atoms with E-state index in [1.54, 1.807) is 17.1 Å². The second-order valence-electron chi connectivity index (χ2n) is 3.79. The summed E-state index contributed by atoms with van der Waals surface area (Å²) in [6, 6.07) is 5.57. The first-order valence-corrected chi connectivity index (χ1v) is 5.71. The Morgan fingerprint density at radius 3 is 2.80 bits per heavy atom. The van der Waals surface area contributed by atoms with E-state index in [2.05, 4.69) is 15.4 Å². The van der Waals surface area contributed by atoms with E-state index in [9.17, 15) is 4.79 Å². The number of carbonyl (C=O) groups is 1. The van der Waals surface area contributed by atoms with Gasteiger partial charge in [0, 0.05) is 38.1 Å². The van der Waals surface area contributed by atoms with E-state index in [1.165, 1.54) is 0 Å². The Kier molecular flexibility index (Phi) is 8.54. The highest BCUT2D eigenvalue weighted by Gasteiger charge is 2.02. The first-order chi connectivity index (χ1) is 8.79. The zero-order valence-electron chi connectivity index (χ0n) is 10.7. The monoisotopic (exact) mass is 317 g/mol. The lowest BCUT2D eigenvalue weighted by atomic mass is 10.2. The molecule has 0 spiro atoms. The Bertz CT molecular complexity index is 518. The van der Waals surface area contributed by atoms with Gasteiger partial charge in [0.15, 0.2) is 5.82 Å². The van der Waals surface area contributed by atoms with Crippen LogP contribution in [0.25, 0.3) is 5.82 Å². The highest BCUT2D eigenvalue weighted by molar-refractivity contribution is 5.85. The predicted octanol–water partition coefficient (Wildman–Crippen LogP) is 1.08. The Balaban J connectivity index is 0.00000180. The molecule has 0 aromatic carbocycles. The van der Waals surface area contributed by atoms with Gasteiger partial charge in [0.2, 0.25) is 5.91 Å². The van der Waals surface area contributed by atoms with E-state index >= 15 is 0 Å². The molecule has 0 radical (unpaired) electrons. The molecule has 2 heterocycles. The smallest absolute Gasteiger partial charge is 0.221 e. The largest absolute Gasteiger partial charge is 0.352 e. The number of nitrogens with zero attached hydrogens (tertiary/aromatic N) is 3.